The number of aliphatic hydroxyl groups excluding tert-OH is 1. The molecule has 2 N–H and O–H groups in total. The molecule has 0 aromatic rings. The molecule has 0 bridgehead atoms. The third-order valence-electron chi connectivity index (χ3n) is 2.86. The van der Waals surface area contributed by atoms with Gasteiger partial charge in [0.1, 0.15) is 6.04 Å². The first-order valence-corrected chi connectivity index (χ1v) is 5.65. The van der Waals surface area contributed by atoms with Crippen LogP contribution in [0.15, 0.2) is 0 Å². The fourth-order valence-corrected chi connectivity index (χ4v) is 2.08. The molecule has 98 valence electrons. The smallest absolute Gasteiger partial charge is 0.326 e. The van der Waals surface area contributed by atoms with Gasteiger partial charge in [0, 0.05) is 33.1 Å². The first-order chi connectivity index (χ1) is 7.95. The summed E-state index contributed by atoms with van der Waals surface area (Å²) < 4.78 is 4.93. The molecular weight excluding hydrogens is 226 g/mol. The minimum Gasteiger partial charge on any atom is -0.480 e. The maximum atomic E-state index is 11.9. The van der Waals surface area contributed by atoms with Crippen LogP contribution in [0, 0.1) is 5.92 Å². The summed E-state index contributed by atoms with van der Waals surface area (Å²) in [7, 11) is 1.56. The zero-order valence-corrected chi connectivity index (χ0v) is 10.1. The Bertz CT molecular complexity index is 294. The second-order valence-electron chi connectivity index (χ2n) is 4.55. The van der Waals surface area contributed by atoms with Gasteiger partial charge in [-0.25, -0.2) is 4.79 Å². The average molecular weight is 245 g/mol. The van der Waals surface area contributed by atoms with Gasteiger partial charge in [-0.05, 0) is 5.92 Å². The highest BCUT2D eigenvalue weighted by molar-refractivity contribution is 5.84. The molecule has 0 saturated carbocycles. The summed E-state index contributed by atoms with van der Waals surface area (Å²) in [6, 6.07) is -0.896. The number of β-amino-alcohol motifs (C(OH)–C–C–N with tert-alkyl or cyclic N) is 1. The van der Waals surface area contributed by atoms with E-state index in [-0.39, 0.29) is 31.2 Å². The summed E-state index contributed by atoms with van der Waals surface area (Å²) in [6.07, 6.45) is -0.387. The van der Waals surface area contributed by atoms with Crippen molar-refractivity contribution in [3.05, 3.63) is 0 Å². The molecule has 3 atom stereocenters. The third-order valence-corrected chi connectivity index (χ3v) is 2.86. The van der Waals surface area contributed by atoms with Crippen LogP contribution in [0.4, 0.5) is 0 Å². The van der Waals surface area contributed by atoms with E-state index in [9.17, 15) is 14.7 Å². The predicted molar refractivity (Wildman–Crippen MR) is 59.4 cm³/mol. The zero-order valence-electron chi connectivity index (χ0n) is 10.1. The van der Waals surface area contributed by atoms with E-state index < -0.39 is 18.1 Å². The van der Waals surface area contributed by atoms with Crippen molar-refractivity contribution in [2.75, 3.05) is 20.3 Å². The van der Waals surface area contributed by atoms with Crippen LogP contribution in [0.1, 0.15) is 19.8 Å². The van der Waals surface area contributed by atoms with Gasteiger partial charge in [0.05, 0.1) is 6.10 Å². The predicted octanol–water partition coefficient (Wildman–Crippen LogP) is -0.295. The fraction of sp³-hybridized carbons (Fsp3) is 0.818. The minimum absolute atomic E-state index is 0.0414. The van der Waals surface area contributed by atoms with Crippen LogP contribution in [0.25, 0.3) is 0 Å². The first kappa shape index (κ1) is 13.9. The molecule has 1 aliphatic heterocycles. The van der Waals surface area contributed by atoms with Gasteiger partial charge < -0.3 is 19.8 Å². The quantitative estimate of drug-likeness (QED) is 0.694. The highest BCUT2D eigenvalue weighted by Crippen LogP contribution is 2.20. The number of nitrogens with zero attached hydrogens (tertiary/aromatic N) is 1. The number of methoxy groups -OCH3 is 1. The number of carboxylic acid groups (broad SMARTS) is 1. The molecule has 0 radical (unpaired) electrons. The van der Waals surface area contributed by atoms with Crippen molar-refractivity contribution in [1.82, 2.24) is 4.90 Å². The Kier molecular flexibility index (Phi) is 4.89. The molecular formula is C11H19NO5. The van der Waals surface area contributed by atoms with Crippen molar-refractivity contribution in [1.29, 1.82) is 0 Å². The summed E-state index contributed by atoms with van der Waals surface area (Å²) in [5.41, 5.74) is 0. The molecule has 1 rings (SSSR count). The number of aliphatic carboxylic acids is 1. The first-order valence-electron chi connectivity index (χ1n) is 5.65. The largest absolute Gasteiger partial charge is 0.480 e. The number of carboxylic acids is 1. The van der Waals surface area contributed by atoms with Crippen LogP contribution in [0.2, 0.25) is 0 Å². The highest BCUT2D eigenvalue weighted by atomic mass is 16.5. The average Bonchev–Trinajstić information content (AvgIpc) is 2.60. The van der Waals surface area contributed by atoms with E-state index in [0.717, 1.165) is 0 Å². The van der Waals surface area contributed by atoms with Gasteiger partial charge in [0.15, 0.2) is 0 Å². The van der Waals surface area contributed by atoms with E-state index >= 15 is 0 Å². The van der Waals surface area contributed by atoms with Crippen molar-refractivity contribution in [2.24, 2.45) is 5.92 Å². The number of carbonyl (C=O) groups is 2. The molecule has 1 fully saturated rings. The number of rotatable bonds is 5. The lowest BCUT2D eigenvalue weighted by Gasteiger charge is -2.22. The summed E-state index contributed by atoms with van der Waals surface area (Å²) in [6.45, 7) is 2.43. The van der Waals surface area contributed by atoms with Crippen LogP contribution < -0.4 is 0 Å². The van der Waals surface area contributed by atoms with Crippen molar-refractivity contribution in [3.63, 3.8) is 0 Å². The fourth-order valence-electron chi connectivity index (χ4n) is 2.08. The number of likely N-dealkylation sites (tertiary alicyclic amines) is 1. The van der Waals surface area contributed by atoms with Gasteiger partial charge in [0.2, 0.25) is 5.91 Å². The van der Waals surface area contributed by atoms with E-state index in [1.165, 1.54) is 4.90 Å². The van der Waals surface area contributed by atoms with Gasteiger partial charge in [-0.2, -0.15) is 0 Å². The lowest BCUT2D eigenvalue weighted by molar-refractivity contribution is -0.148. The summed E-state index contributed by atoms with van der Waals surface area (Å²) in [5, 5.41) is 18.4. The highest BCUT2D eigenvalue weighted by Gasteiger charge is 2.38. The molecule has 6 nitrogen and oxygen atoms in total. The number of hydrogen-bond donors (Lipinski definition) is 2. The van der Waals surface area contributed by atoms with E-state index in [1.807, 2.05) is 6.92 Å². The molecule has 1 unspecified atom stereocenters. The van der Waals surface area contributed by atoms with Crippen LogP contribution in [0.3, 0.4) is 0 Å². The zero-order chi connectivity index (χ0) is 13.0. The Morgan fingerprint density at radius 3 is 2.71 bits per heavy atom. The molecule has 6 heteroatoms. The van der Waals surface area contributed by atoms with Crippen LogP contribution in [-0.4, -0.2) is 59.4 Å². The number of carbonyl (C=O) groups excluding carboxylic acids is 1. The molecule has 1 saturated heterocycles. The Hall–Kier alpha value is -1.14. The lowest BCUT2D eigenvalue weighted by atomic mass is 10.1. The molecule has 0 aliphatic carbocycles. The maximum absolute atomic E-state index is 11.9. The maximum Gasteiger partial charge on any atom is 0.326 e. The van der Waals surface area contributed by atoms with Crippen LogP contribution >= 0.6 is 0 Å². The molecule has 1 amide bonds. The minimum atomic E-state index is -1.06. The molecule has 0 spiro atoms. The van der Waals surface area contributed by atoms with E-state index in [4.69, 9.17) is 9.84 Å². The monoisotopic (exact) mass is 245 g/mol. The van der Waals surface area contributed by atoms with Gasteiger partial charge in [-0.15, -0.1) is 0 Å². The Morgan fingerprint density at radius 2 is 2.18 bits per heavy atom. The Labute approximate surface area is 100 Å². The van der Waals surface area contributed by atoms with Gasteiger partial charge in [0.25, 0.3) is 0 Å². The van der Waals surface area contributed by atoms with E-state index in [1.54, 1.807) is 7.11 Å². The standard InChI is InChI=1S/C11H19NO5/c1-7(6-17-2)3-10(14)12-5-8(13)4-9(12)11(15)16/h7-9,13H,3-6H2,1-2H3,(H,15,16)/t7?,8-,9-/m0/s1. The number of hydrogen-bond acceptors (Lipinski definition) is 4. The van der Waals surface area contributed by atoms with Crippen molar-refractivity contribution < 1.29 is 24.5 Å². The number of ether oxygens (including phenoxy) is 1. The van der Waals surface area contributed by atoms with Crippen molar-refractivity contribution >= 4 is 11.9 Å². The topological polar surface area (TPSA) is 87.1 Å². The molecule has 1 aliphatic rings. The number of aliphatic hydroxyl groups is 1. The molecule has 0 aromatic heterocycles. The van der Waals surface area contributed by atoms with Gasteiger partial charge >= 0.3 is 5.97 Å². The molecule has 0 aromatic carbocycles. The summed E-state index contributed by atoms with van der Waals surface area (Å²) in [5.74, 6) is -1.26. The lowest BCUT2D eigenvalue weighted by Crippen LogP contribution is -2.41. The van der Waals surface area contributed by atoms with Gasteiger partial charge in [-0.3, -0.25) is 4.79 Å². The summed E-state index contributed by atoms with van der Waals surface area (Å²) in [4.78, 5) is 24.1. The van der Waals surface area contributed by atoms with Crippen molar-refractivity contribution in [2.45, 2.75) is 31.9 Å². The van der Waals surface area contributed by atoms with E-state index in [0.29, 0.717) is 6.61 Å². The summed E-state index contributed by atoms with van der Waals surface area (Å²) >= 11 is 0. The number of amides is 1. The SMILES string of the molecule is COCC(C)CC(=O)N1C[C@@H](O)C[C@H]1C(=O)O. The van der Waals surface area contributed by atoms with Crippen molar-refractivity contribution in [3.8, 4) is 0 Å². The van der Waals surface area contributed by atoms with Crippen LogP contribution in [0.5, 0.6) is 0 Å². The molecule has 1 heterocycles. The second kappa shape index (κ2) is 5.97. The Balaban J connectivity index is 2.58. The van der Waals surface area contributed by atoms with Gasteiger partial charge in [-0.1, -0.05) is 6.92 Å². The normalized spacial score (nSPS) is 25.9. The second-order valence-corrected chi connectivity index (χ2v) is 4.55. The van der Waals surface area contributed by atoms with E-state index in [2.05, 4.69) is 0 Å². The Morgan fingerprint density at radius 1 is 1.53 bits per heavy atom. The molecule has 17 heavy (non-hydrogen) atoms. The third kappa shape index (κ3) is 3.67. The van der Waals surface area contributed by atoms with Crippen LogP contribution in [-0.2, 0) is 14.3 Å².